The second kappa shape index (κ2) is 12.5. The fourth-order valence-electron chi connectivity index (χ4n) is 7.37. The van der Waals surface area contributed by atoms with Crippen molar-refractivity contribution in [3.05, 3.63) is 200 Å². The van der Waals surface area contributed by atoms with E-state index < -0.39 is 6.04 Å². The van der Waals surface area contributed by atoms with Gasteiger partial charge in [0.1, 0.15) is 11.2 Å². The zero-order chi connectivity index (χ0) is 38.8. The van der Waals surface area contributed by atoms with Gasteiger partial charge < -0.3 is 9.32 Å². The average molecular weight is 669 g/mol. The van der Waals surface area contributed by atoms with E-state index in [4.69, 9.17) is 11.3 Å². The predicted octanol–water partition coefficient (Wildman–Crippen LogP) is 14.4. The number of hydrogen-bond acceptors (Lipinski definition) is 2. The molecule has 52 heavy (non-hydrogen) atoms. The number of furan rings is 1. The zero-order valence-electron chi connectivity index (χ0n) is 33.0. The molecule has 0 unspecified atom stereocenters. The Morgan fingerprint density at radius 1 is 0.385 bits per heavy atom. The first-order valence-corrected chi connectivity index (χ1v) is 17.3. The number of benzene rings is 9. The Hall–Kier alpha value is -6.90. The van der Waals surface area contributed by atoms with Crippen LogP contribution in [0.2, 0.25) is 0 Å². The van der Waals surface area contributed by atoms with E-state index in [0.29, 0.717) is 16.7 Å². The summed E-state index contributed by atoms with van der Waals surface area (Å²) in [5.41, 5.74) is 9.62. The van der Waals surface area contributed by atoms with Gasteiger partial charge in [-0.2, -0.15) is 0 Å². The van der Waals surface area contributed by atoms with Gasteiger partial charge in [0.05, 0.1) is 6.85 Å². The molecule has 10 aromatic rings. The van der Waals surface area contributed by atoms with E-state index in [-0.39, 0.29) is 29.7 Å². The van der Waals surface area contributed by atoms with Gasteiger partial charge in [-0.25, -0.2) is 0 Å². The summed E-state index contributed by atoms with van der Waals surface area (Å²) in [5, 5.41) is 5.70. The third-order valence-corrected chi connectivity index (χ3v) is 9.93. The van der Waals surface area contributed by atoms with Crippen molar-refractivity contribution in [2.75, 3.05) is 4.90 Å². The lowest BCUT2D eigenvalue weighted by atomic mass is 9.95. The molecule has 0 saturated carbocycles. The summed E-state index contributed by atoms with van der Waals surface area (Å²) in [5.74, 6) is 0. The van der Waals surface area contributed by atoms with Crippen LogP contribution in [0.3, 0.4) is 0 Å². The molecule has 0 amide bonds. The minimum atomic E-state index is -0.412. The van der Waals surface area contributed by atoms with Crippen molar-refractivity contribution in [3.63, 3.8) is 0 Å². The van der Waals surface area contributed by atoms with Gasteiger partial charge in [0, 0.05) is 33.2 Å². The molecule has 0 saturated heterocycles. The molecular weight excluding hydrogens is 631 g/mol. The highest BCUT2D eigenvalue weighted by atomic mass is 16.3. The number of hydrogen-bond donors (Lipinski definition) is 0. The topological polar surface area (TPSA) is 16.4 Å². The summed E-state index contributed by atoms with van der Waals surface area (Å²) < 4.78 is 48.8. The molecule has 0 aliphatic rings. The molecule has 0 bridgehead atoms. The van der Waals surface area contributed by atoms with Gasteiger partial charge in [0.15, 0.2) is 0 Å². The minimum Gasteiger partial charge on any atom is -0.455 e. The first kappa shape index (κ1) is 25.1. The van der Waals surface area contributed by atoms with Crippen molar-refractivity contribution in [2.24, 2.45) is 0 Å². The number of para-hydroxylation sites is 1. The second-order valence-electron chi connectivity index (χ2n) is 13.0. The fourth-order valence-corrected chi connectivity index (χ4v) is 7.37. The number of rotatable bonds is 6. The van der Waals surface area contributed by atoms with Crippen LogP contribution >= 0.6 is 0 Å². The third-order valence-electron chi connectivity index (χ3n) is 9.93. The van der Waals surface area contributed by atoms with Crippen molar-refractivity contribution in [1.82, 2.24) is 0 Å². The summed E-state index contributed by atoms with van der Waals surface area (Å²) in [6.07, 6.45) is 0. The molecule has 1 aromatic heterocycles. The number of anilines is 3. The maximum Gasteiger partial charge on any atom is 0.143 e. The first-order valence-electron chi connectivity index (χ1n) is 19.8. The molecule has 9 aromatic carbocycles. The van der Waals surface area contributed by atoms with Crippen molar-refractivity contribution in [1.29, 1.82) is 0 Å². The summed E-state index contributed by atoms with van der Waals surface area (Å²) in [6.45, 7) is 0. The second-order valence-corrected chi connectivity index (χ2v) is 13.0. The van der Waals surface area contributed by atoms with Crippen LogP contribution in [0.15, 0.2) is 204 Å². The Morgan fingerprint density at radius 2 is 0.962 bits per heavy atom. The van der Waals surface area contributed by atoms with E-state index in [0.717, 1.165) is 55.3 Å². The van der Waals surface area contributed by atoms with Crippen LogP contribution in [0.1, 0.15) is 6.85 Å². The van der Waals surface area contributed by atoms with Crippen LogP contribution < -0.4 is 4.90 Å². The summed E-state index contributed by atoms with van der Waals surface area (Å²) in [4.78, 5) is 2.26. The summed E-state index contributed by atoms with van der Waals surface area (Å²) in [6, 6.07) is 56.7. The van der Waals surface area contributed by atoms with Crippen LogP contribution in [0.25, 0.3) is 76.9 Å². The molecule has 10 rings (SSSR count). The summed E-state index contributed by atoms with van der Waals surface area (Å²) in [7, 11) is 0. The maximum atomic E-state index is 8.76. The Morgan fingerprint density at radius 3 is 1.69 bits per heavy atom. The highest BCUT2D eigenvalue weighted by Gasteiger charge is 2.17. The summed E-state index contributed by atoms with van der Waals surface area (Å²) >= 11 is 0. The Kier molecular flexibility index (Phi) is 6.01. The van der Waals surface area contributed by atoms with Crippen LogP contribution in [0.5, 0.6) is 0 Å². The lowest BCUT2D eigenvalue weighted by molar-refractivity contribution is 0.673. The molecule has 0 aliphatic carbocycles. The van der Waals surface area contributed by atoms with E-state index in [1.807, 2.05) is 42.5 Å². The van der Waals surface area contributed by atoms with E-state index in [9.17, 15) is 0 Å². The molecular formula is C50H33NO. The van der Waals surface area contributed by atoms with Crippen molar-refractivity contribution < 1.29 is 11.3 Å². The van der Waals surface area contributed by atoms with Gasteiger partial charge in [0.25, 0.3) is 0 Å². The largest absolute Gasteiger partial charge is 0.455 e. The third kappa shape index (κ3) is 5.21. The first-order chi connectivity index (χ1) is 27.8. The van der Waals surface area contributed by atoms with Gasteiger partial charge in [-0.1, -0.05) is 139 Å². The van der Waals surface area contributed by atoms with E-state index in [1.54, 1.807) is 0 Å². The van der Waals surface area contributed by atoms with Crippen LogP contribution in [0.4, 0.5) is 17.1 Å². The zero-order valence-corrected chi connectivity index (χ0v) is 28.0. The molecule has 2 heteroatoms. The van der Waals surface area contributed by atoms with E-state index >= 15 is 0 Å². The van der Waals surface area contributed by atoms with Gasteiger partial charge in [-0.15, -0.1) is 0 Å². The smallest absolute Gasteiger partial charge is 0.143 e. The normalized spacial score (nSPS) is 12.8. The fraction of sp³-hybridized carbons (Fsp3) is 0. The minimum absolute atomic E-state index is 0.173. The van der Waals surface area contributed by atoms with Crippen LogP contribution in [-0.4, -0.2) is 0 Å². The molecule has 0 atom stereocenters. The quantitative estimate of drug-likeness (QED) is 0.175. The molecule has 244 valence electrons. The molecule has 0 aliphatic heterocycles. The highest BCUT2D eigenvalue weighted by molar-refractivity contribution is 6.19. The standard InChI is InChI=1S/C50H33NO/c1-3-12-37(13-4-1)46-33-48-47-32-40(25-30-49(47)52-50(48)45-18-10-9-17-44(45)46)36-23-28-43(29-24-36)51(41-15-5-2-6-16-41)42-26-21-35(22-27-42)39-20-19-34-11-7-8-14-38(34)31-39/h1-33H/i1D,3D,4D,12D,13D. The maximum absolute atomic E-state index is 8.76. The van der Waals surface area contributed by atoms with E-state index in [2.05, 4.69) is 132 Å². The van der Waals surface area contributed by atoms with Gasteiger partial charge in [0.2, 0.25) is 0 Å². The van der Waals surface area contributed by atoms with Gasteiger partial charge >= 0.3 is 0 Å². The monoisotopic (exact) mass is 668 g/mol. The Labute approximate surface area is 309 Å². The molecule has 0 radical (unpaired) electrons. The SMILES string of the molecule is [2H]c1c([2H])c([2H])c(-c2cc3c4cc(-c5ccc(N(c6ccccc6)c6ccc(-c7ccc8ccccc8c7)cc6)cc5)ccc4oc3c3ccccc23)c([2H])c1[2H]. The Balaban J connectivity index is 1.04. The lowest BCUT2D eigenvalue weighted by Crippen LogP contribution is -2.09. The molecule has 2 nitrogen and oxygen atoms in total. The number of nitrogens with zero attached hydrogens (tertiary/aromatic N) is 1. The Bertz CT molecular complexity index is 3150. The molecule has 0 fully saturated rings. The van der Waals surface area contributed by atoms with Gasteiger partial charge in [-0.3, -0.25) is 0 Å². The predicted molar refractivity (Wildman–Crippen MR) is 220 cm³/mol. The number of fused-ring (bicyclic) bond motifs is 6. The van der Waals surface area contributed by atoms with Crippen molar-refractivity contribution >= 4 is 60.5 Å². The average Bonchev–Trinajstić information content (AvgIpc) is 3.64. The molecule has 1 heterocycles. The van der Waals surface area contributed by atoms with E-state index in [1.165, 1.54) is 16.3 Å². The van der Waals surface area contributed by atoms with Crippen LogP contribution in [0, 0.1) is 0 Å². The highest BCUT2D eigenvalue weighted by Crippen LogP contribution is 2.42. The van der Waals surface area contributed by atoms with Crippen molar-refractivity contribution in [2.45, 2.75) is 0 Å². The lowest BCUT2D eigenvalue weighted by Gasteiger charge is -2.26. The molecule has 0 N–H and O–H groups in total. The molecule has 0 spiro atoms. The van der Waals surface area contributed by atoms with Gasteiger partial charge in [-0.05, 0) is 110 Å². The van der Waals surface area contributed by atoms with Crippen LogP contribution in [-0.2, 0) is 0 Å². The van der Waals surface area contributed by atoms with Crippen molar-refractivity contribution in [3.8, 4) is 33.4 Å².